The van der Waals surface area contributed by atoms with Crippen LogP contribution in [0, 0.1) is 0 Å². The fourth-order valence-electron chi connectivity index (χ4n) is 2.04. The normalized spacial score (nSPS) is 13.2. The number of sulfone groups is 1. The highest BCUT2D eigenvalue weighted by atomic mass is 32.2. The lowest BCUT2D eigenvalue weighted by Crippen LogP contribution is -2.03. The van der Waals surface area contributed by atoms with Crippen molar-refractivity contribution in [2.75, 3.05) is 6.26 Å². The van der Waals surface area contributed by atoms with Gasteiger partial charge in [0, 0.05) is 6.26 Å². The molecule has 0 aliphatic rings. The first-order chi connectivity index (χ1) is 9.41. The number of hydrogen-bond donors (Lipinski definition) is 1. The lowest BCUT2D eigenvalue weighted by atomic mass is 10.00. The van der Waals surface area contributed by atoms with E-state index in [1.165, 1.54) is 17.7 Å². The third kappa shape index (κ3) is 3.26. The van der Waals surface area contributed by atoms with E-state index in [-0.39, 0.29) is 4.90 Å². The first kappa shape index (κ1) is 14.8. The molecule has 1 unspecified atom stereocenters. The van der Waals surface area contributed by atoms with Crippen LogP contribution in [-0.2, 0) is 16.3 Å². The van der Waals surface area contributed by atoms with Crippen LogP contribution in [0.15, 0.2) is 53.4 Å². The minimum Gasteiger partial charge on any atom is -0.384 e. The Morgan fingerprint density at radius 2 is 1.70 bits per heavy atom. The van der Waals surface area contributed by atoms with Crippen molar-refractivity contribution in [3.05, 3.63) is 65.2 Å². The Bertz CT molecular complexity index is 688. The molecule has 3 nitrogen and oxygen atoms in total. The van der Waals surface area contributed by atoms with Crippen LogP contribution >= 0.6 is 0 Å². The number of aryl methyl sites for hydroxylation is 1. The first-order valence-corrected chi connectivity index (χ1v) is 8.38. The smallest absolute Gasteiger partial charge is 0.175 e. The van der Waals surface area contributed by atoms with E-state index in [2.05, 4.69) is 6.92 Å². The van der Waals surface area contributed by atoms with E-state index in [1.807, 2.05) is 24.3 Å². The van der Waals surface area contributed by atoms with Crippen molar-refractivity contribution in [1.29, 1.82) is 0 Å². The Balaban J connectivity index is 2.35. The largest absolute Gasteiger partial charge is 0.384 e. The quantitative estimate of drug-likeness (QED) is 0.942. The van der Waals surface area contributed by atoms with Crippen LogP contribution in [0.3, 0.4) is 0 Å². The van der Waals surface area contributed by atoms with Gasteiger partial charge in [-0.3, -0.25) is 0 Å². The van der Waals surface area contributed by atoms with Crippen LogP contribution in [0.1, 0.15) is 29.7 Å². The molecule has 0 aromatic heterocycles. The van der Waals surface area contributed by atoms with Crippen LogP contribution in [0.4, 0.5) is 0 Å². The molecule has 2 rings (SSSR count). The van der Waals surface area contributed by atoms with E-state index >= 15 is 0 Å². The van der Waals surface area contributed by atoms with Crippen molar-refractivity contribution >= 4 is 9.84 Å². The van der Waals surface area contributed by atoms with E-state index in [9.17, 15) is 13.5 Å². The molecule has 0 aliphatic heterocycles. The van der Waals surface area contributed by atoms with Crippen LogP contribution < -0.4 is 0 Å². The molecule has 0 saturated carbocycles. The Hall–Kier alpha value is -1.65. The Morgan fingerprint density at radius 3 is 2.25 bits per heavy atom. The summed E-state index contributed by atoms with van der Waals surface area (Å²) in [5, 5.41) is 10.4. The summed E-state index contributed by atoms with van der Waals surface area (Å²) in [5.74, 6) is 0. The van der Waals surface area contributed by atoms with Crippen molar-refractivity contribution in [2.24, 2.45) is 0 Å². The maximum Gasteiger partial charge on any atom is 0.175 e. The average Bonchev–Trinajstić information content (AvgIpc) is 2.46. The first-order valence-electron chi connectivity index (χ1n) is 6.48. The zero-order valence-corrected chi connectivity index (χ0v) is 12.4. The highest BCUT2D eigenvalue weighted by Crippen LogP contribution is 2.24. The minimum absolute atomic E-state index is 0.222. The lowest BCUT2D eigenvalue weighted by molar-refractivity contribution is 0.220. The number of aliphatic hydroxyl groups is 1. The van der Waals surface area contributed by atoms with Crippen LogP contribution in [0.25, 0.3) is 0 Å². The molecule has 0 radical (unpaired) electrons. The summed E-state index contributed by atoms with van der Waals surface area (Å²) in [4.78, 5) is 0.222. The molecule has 106 valence electrons. The van der Waals surface area contributed by atoms with Crippen molar-refractivity contribution < 1.29 is 13.5 Å². The molecule has 0 spiro atoms. The van der Waals surface area contributed by atoms with Gasteiger partial charge in [-0.05, 0) is 35.2 Å². The topological polar surface area (TPSA) is 54.4 Å². The summed E-state index contributed by atoms with van der Waals surface area (Å²) in [6.07, 6.45) is 1.29. The number of benzene rings is 2. The molecule has 0 aliphatic carbocycles. The molecule has 0 heterocycles. The molecule has 0 bridgehead atoms. The second-order valence-corrected chi connectivity index (χ2v) is 6.86. The molecule has 2 aromatic rings. The van der Waals surface area contributed by atoms with E-state index in [4.69, 9.17) is 0 Å². The molecule has 0 fully saturated rings. The van der Waals surface area contributed by atoms with Crippen LogP contribution in [0.2, 0.25) is 0 Å². The van der Waals surface area contributed by atoms with E-state index < -0.39 is 15.9 Å². The highest BCUT2D eigenvalue weighted by Gasteiger charge is 2.13. The van der Waals surface area contributed by atoms with Gasteiger partial charge in [0.05, 0.1) is 4.90 Å². The predicted molar refractivity (Wildman–Crippen MR) is 79.4 cm³/mol. The summed E-state index contributed by atoms with van der Waals surface area (Å²) >= 11 is 0. The van der Waals surface area contributed by atoms with Gasteiger partial charge >= 0.3 is 0 Å². The molecular weight excluding hydrogens is 272 g/mol. The second-order valence-electron chi connectivity index (χ2n) is 4.84. The van der Waals surface area contributed by atoms with Gasteiger partial charge in [0.15, 0.2) is 9.84 Å². The van der Waals surface area contributed by atoms with Crippen LogP contribution in [0.5, 0.6) is 0 Å². The predicted octanol–water partition coefficient (Wildman–Crippen LogP) is 2.73. The number of hydrogen-bond acceptors (Lipinski definition) is 3. The number of rotatable bonds is 4. The van der Waals surface area contributed by atoms with Gasteiger partial charge in [0.2, 0.25) is 0 Å². The van der Waals surface area contributed by atoms with Crippen LogP contribution in [-0.4, -0.2) is 19.8 Å². The fraction of sp³-hybridized carbons (Fsp3) is 0.250. The third-order valence-electron chi connectivity index (χ3n) is 3.31. The summed E-state index contributed by atoms with van der Waals surface area (Å²) in [6.45, 7) is 2.07. The highest BCUT2D eigenvalue weighted by molar-refractivity contribution is 7.90. The zero-order chi connectivity index (χ0) is 14.8. The summed E-state index contributed by atoms with van der Waals surface area (Å²) in [7, 11) is -3.26. The van der Waals surface area contributed by atoms with Gasteiger partial charge < -0.3 is 5.11 Å². The zero-order valence-electron chi connectivity index (χ0n) is 11.6. The molecular formula is C16H18O3S. The summed E-state index contributed by atoms with van der Waals surface area (Å²) < 4.78 is 23.1. The SMILES string of the molecule is CCc1ccc(C(O)c2cccc(S(C)(=O)=O)c2)cc1. The van der Waals surface area contributed by atoms with Gasteiger partial charge in [0.1, 0.15) is 6.10 Å². The molecule has 4 heteroatoms. The summed E-state index contributed by atoms with van der Waals surface area (Å²) in [5.41, 5.74) is 2.54. The Kier molecular flexibility index (Phi) is 4.26. The standard InChI is InChI=1S/C16H18O3S/c1-3-12-7-9-13(10-8-12)16(17)14-5-4-6-15(11-14)20(2,18)19/h4-11,16-17H,3H2,1-2H3. The molecule has 1 atom stereocenters. The third-order valence-corrected chi connectivity index (χ3v) is 4.42. The van der Waals surface area contributed by atoms with Gasteiger partial charge in [-0.15, -0.1) is 0 Å². The van der Waals surface area contributed by atoms with Gasteiger partial charge in [-0.25, -0.2) is 8.42 Å². The minimum atomic E-state index is -3.26. The average molecular weight is 290 g/mol. The van der Waals surface area contributed by atoms with E-state index in [1.54, 1.807) is 12.1 Å². The summed E-state index contributed by atoms with van der Waals surface area (Å²) in [6, 6.07) is 14.1. The molecule has 1 N–H and O–H groups in total. The van der Waals surface area contributed by atoms with E-state index in [0.717, 1.165) is 18.2 Å². The van der Waals surface area contributed by atoms with Crippen molar-refractivity contribution in [1.82, 2.24) is 0 Å². The van der Waals surface area contributed by atoms with Gasteiger partial charge in [-0.2, -0.15) is 0 Å². The second kappa shape index (κ2) is 5.77. The van der Waals surface area contributed by atoms with Gasteiger partial charge in [0.25, 0.3) is 0 Å². The lowest BCUT2D eigenvalue weighted by Gasteiger charge is -2.13. The van der Waals surface area contributed by atoms with Crippen molar-refractivity contribution in [3.63, 3.8) is 0 Å². The van der Waals surface area contributed by atoms with Crippen molar-refractivity contribution in [2.45, 2.75) is 24.3 Å². The molecule has 20 heavy (non-hydrogen) atoms. The van der Waals surface area contributed by atoms with Crippen molar-refractivity contribution in [3.8, 4) is 0 Å². The maximum absolute atomic E-state index is 11.5. The Morgan fingerprint density at radius 1 is 1.05 bits per heavy atom. The maximum atomic E-state index is 11.5. The molecule has 0 amide bonds. The van der Waals surface area contributed by atoms with E-state index in [0.29, 0.717) is 5.56 Å². The Labute approximate surface area is 119 Å². The molecule has 2 aromatic carbocycles. The fourth-order valence-corrected chi connectivity index (χ4v) is 2.72. The molecule has 0 saturated heterocycles. The monoisotopic (exact) mass is 290 g/mol. The number of aliphatic hydroxyl groups excluding tert-OH is 1. The van der Waals surface area contributed by atoms with Gasteiger partial charge in [-0.1, -0.05) is 43.3 Å².